The summed E-state index contributed by atoms with van der Waals surface area (Å²) in [6, 6.07) is 17.6. The van der Waals surface area contributed by atoms with E-state index in [2.05, 4.69) is 17.2 Å². The zero-order chi connectivity index (χ0) is 20.6. The standard InChI is InChI=1S/C11H15NO2S.C6H6.C5H8N2/c1-4-11(15)12-8-5-6-9(13-2)10(7-8)14-3;1-2-4-6-5-3-1;1-2-7-4-3-6-5-7/h5-7H,4H2,1-3H3,(H,12,15);1-6H;3-5H,2H2,1H3. The van der Waals surface area contributed by atoms with Gasteiger partial charge in [0.2, 0.25) is 0 Å². The summed E-state index contributed by atoms with van der Waals surface area (Å²) in [5, 5.41) is 3.11. The molecule has 1 aromatic heterocycles. The van der Waals surface area contributed by atoms with Gasteiger partial charge in [-0.25, -0.2) is 4.98 Å². The van der Waals surface area contributed by atoms with Crippen LogP contribution in [0.2, 0.25) is 0 Å². The van der Waals surface area contributed by atoms with Crippen molar-refractivity contribution in [2.24, 2.45) is 0 Å². The van der Waals surface area contributed by atoms with Crippen molar-refractivity contribution in [2.45, 2.75) is 26.8 Å². The minimum atomic E-state index is 0.696. The van der Waals surface area contributed by atoms with Gasteiger partial charge in [0.05, 0.1) is 25.5 Å². The predicted octanol–water partition coefficient (Wildman–Crippen LogP) is 5.44. The lowest BCUT2D eigenvalue weighted by molar-refractivity contribution is 0.355. The monoisotopic (exact) mass is 399 g/mol. The van der Waals surface area contributed by atoms with Crippen LogP contribution in [0.4, 0.5) is 5.69 Å². The number of hydrogen-bond donors (Lipinski definition) is 1. The zero-order valence-electron chi connectivity index (χ0n) is 17.0. The molecule has 1 N–H and O–H groups in total. The molecule has 3 aromatic rings. The Balaban J connectivity index is 0.000000246. The molecule has 6 heteroatoms. The molecule has 0 saturated heterocycles. The van der Waals surface area contributed by atoms with Crippen molar-refractivity contribution in [2.75, 3.05) is 19.5 Å². The maximum atomic E-state index is 5.18. The second-order valence-electron chi connectivity index (χ2n) is 5.52. The highest BCUT2D eigenvalue weighted by molar-refractivity contribution is 7.80. The fourth-order valence-corrected chi connectivity index (χ4v) is 2.14. The molecule has 5 nitrogen and oxygen atoms in total. The van der Waals surface area contributed by atoms with E-state index in [1.807, 2.05) is 72.3 Å². The fourth-order valence-electron chi connectivity index (χ4n) is 2.02. The van der Waals surface area contributed by atoms with Gasteiger partial charge in [0.1, 0.15) is 0 Å². The van der Waals surface area contributed by atoms with Crippen LogP contribution in [0.1, 0.15) is 20.3 Å². The van der Waals surface area contributed by atoms with Gasteiger partial charge in [-0.05, 0) is 25.5 Å². The van der Waals surface area contributed by atoms with Crippen molar-refractivity contribution in [1.29, 1.82) is 0 Å². The zero-order valence-corrected chi connectivity index (χ0v) is 17.8. The molecule has 150 valence electrons. The third-order valence-corrected chi connectivity index (χ3v) is 3.97. The highest BCUT2D eigenvalue weighted by atomic mass is 32.1. The molecule has 0 fully saturated rings. The number of nitrogens with zero attached hydrogens (tertiary/aromatic N) is 2. The Morgan fingerprint density at radius 3 is 2.00 bits per heavy atom. The van der Waals surface area contributed by atoms with E-state index in [9.17, 15) is 0 Å². The molecule has 0 spiro atoms. The van der Waals surface area contributed by atoms with Gasteiger partial charge < -0.3 is 19.4 Å². The van der Waals surface area contributed by atoms with Crippen molar-refractivity contribution in [3.63, 3.8) is 0 Å². The van der Waals surface area contributed by atoms with Crippen molar-refractivity contribution in [3.05, 3.63) is 73.3 Å². The van der Waals surface area contributed by atoms with Crippen LogP contribution in [0, 0.1) is 0 Å². The highest BCUT2D eigenvalue weighted by Gasteiger charge is 2.04. The Hall–Kier alpha value is -2.86. The Morgan fingerprint density at radius 2 is 1.61 bits per heavy atom. The molecule has 0 radical (unpaired) electrons. The van der Waals surface area contributed by atoms with Crippen molar-refractivity contribution in [1.82, 2.24) is 9.55 Å². The smallest absolute Gasteiger partial charge is 0.162 e. The number of methoxy groups -OCH3 is 2. The first-order valence-corrected chi connectivity index (χ1v) is 9.53. The van der Waals surface area contributed by atoms with Gasteiger partial charge in [-0.15, -0.1) is 0 Å². The Morgan fingerprint density at radius 1 is 1.00 bits per heavy atom. The number of nitrogens with one attached hydrogen (secondary N) is 1. The summed E-state index contributed by atoms with van der Waals surface area (Å²) in [4.78, 5) is 4.66. The molecule has 0 atom stereocenters. The predicted molar refractivity (Wildman–Crippen MR) is 120 cm³/mol. The molecule has 2 aromatic carbocycles. The van der Waals surface area contributed by atoms with Crippen LogP contribution in [-0.2, 0) is 6.54 Å². The second-order valence-corrected chi connectivity index (χ2v) is 6.01. The molecule has 0 aliphatic heterocycles. The van der Waals surface area contributed by atoms with E-state index >= 15 is 0 Å². The van der Waals surface area contributed by atoms with Crippen LogP contribution in [0.25, 0.3) is 0 Å². The summed E-state index contributed by atoms with van der Waals surface area (Å²) < 4.78 is 12.3. The van der Waals surface area contributed by atoms with Crippen LogP contribution in [-0.4, -0.2) is 28.8 Å². The van der Waals surface area contributed by atoms with Gasteiger partial charge in [0, 0.05) is 30.7 Å². The summed E-state index contributed by atoms with van der Waals surface area (Å²) in [7, 11) is 3.22. The number of aryl methyl sites for hydroxylation is 1. The van der Waals surface area contributed by atoms with Gasteiger partial charge in [-0.2, -0.15) is 0 Å². The van der Waals surface area contributed by atoms with Crippen molar-refractivity contribution < 1.29 is 9.47 Å². The maximum Gasteiger partial charge on any atom is 0.162 e. The molecule has 1 heterocycles. The molecule has 0 aliphatic carbocycles. The topological polar surface area (TPSA) is 48.3 Å². The quantitative estimate of drug-likeness (QED) is 0.579. The van der Waals surface area contributed by atoms with Crippen LogP contribution < -0.4 is 14.8 Å². The molecule has 0 bridgehead atoms. The van der Waals surface area contributed by atoms with Crippen molar-refractivity contribution in [3.8, 4) is 11.5 Å². The van der Waals surface area contributed by atoms with E-state index in [1.54, 1.807) is 26.7 Å². The van der Waals surface area contributed by atoms with Crippen LogP contribution in [0.5, 0.6) is 11.5 Å². The number of thiocarbonyl (C=S) groups is 1. The second kappa shape index (κ2) is 14.2. The van der Waals surface area contributed by atoms with Gasteiger partial charge >= 0.3 is 0 Å². The van der Waals surface area contributed by atoms with Crippen LogP contribution in [0.3, 0.4) is 0 Å². The number of benzene rings is 2. The summed E-state index contributed by atoms with van der Waals surface area (Å²) in [5.74, 6) is 1.41. The fraction of sp³-hybridized carbons (Fsp3) is 0.273. The molecule has 0 aliphatic rings. The third-order valence-electron chi connectivity index (χ3n) is 3.58. The maximum absolute atomic E-state index is 5.18. The number of aromatic nitrogens is 2. The van der Waals surface area contributed by atoms with Gasteiger partial charge in [-0.1, -0.05) is 55.5 Å². The van der Waals surface area contributed by atoms with E-state index in [0.29, 0.717) is 11.5 Å². The number of ether oxygens (including phenoxy) is 2. The highest BCUT2D eigenvalue weighted by Crippen LogP contribution is 2.29. The number of imidazole rings is 1. The summed E-state index contributed by atoms with van der Waals surface area (Å²) in [6.07, 6.45) is 6.35. The normalized spacial score (nSPS) is 9.14. The van der Waals surface area contributed by atoms with Crippen LogP contribution in [0.15, 0.2) is 73.3 Å². The molecular formula is C22H29N3O2S. The first-order valence-electron chi connectivity index (χ1n) is 9.12. The molecule has 28 heavy (non-hydrogen) atoms. The van der Waals surface area contributed by atoms with Crippen molar-refractivity contribution >= 4 is 22.9 Å². The van der Waals surface area contributed by atoms with E-state index in [4.69, 9.17) is 21.7 Å². The minimum Gasteiger partial charge on any atom is -0.493 e. The SMILES string of the molecule is CCC(=S)Nc1ccc(OC)c(OC)c1.CCn1ccnc1.c1ccccc1. The number of anilines is 1. The Labute approximate surface area is 173 Å². The van der Waals surface area contributed by atoms with Gasteiger partial charge in [-0.3, -0.25) is 0 Å². The van der Waals surface area contributed by atoms with E-state index < -0.39 is 0 Å². The first-order chi connectivity index (χ1) is 13.6. The average Bonchev–Trinajstić information content (AvgIpc) is 3.29. The largest absolute Gasteiger partial charge is 0.493 e. The lowest BCUT2D eigenvalue weighted by Gasteiger charge is -2.10. The average molecular weight is 400 g/mol. The molecule has 3 rings (SSSR count). The van der Waals surface area contributed by atoms with Gasteiger partial charge in [0.15, 0.2) is 11.5 Å². The number of hydrogen-bond acceptors (Lipinski definition) is 4. The molecule has 0 unspecified atom stereocenters. The lowest BCUT2D eigenvalue weighted by Crippen LogP contribution is -2.07. The molecular weight excluding hydrogens is 370 g/mol. The van der Waals surface area contributed by atoms with E-state index in [-0.39, 0.29) is 0 Å². The number of rotatable bonds is 5. The van der Waals surface area contributed by atoms with E-state index in [0.717, 1.165) is 23.6 Å². The minimum absolute atomic E-state index is 0.696. The Kier molecular flexibility index (Phi) is 11.8. The molecule has 0 saturated carbocycles. The van der Waals surface area contributed by atoms with E-state index in [1.165, 1.54) is 0 Å². The summed E-state index contributed by atoms with van der Waals surface area (Å²) in [5.41, 5.74) is 0.916. The van der Waals surface area contributed by atoms with Crippen LogP contribution >= 0.6 is 12.2 Å². The Bertz CT molecular complexity index is 751. The third kappa shape index (κ3) is 9.19. The first kappa shape index (κ1) is 23.2. The lowest BCUT2D eigenvalue weighted by atomic mass is 10.2. The summed E-state index contributed by atoms with van der Waals surface area (Å²) in [6.45, 7) is 5.11. The molecule has 0 amide bonds. The van der Waals surface area contributed by atoms with Gasteiger partial charge in [0.25, 0.3) is 0 Å². The summed E-state index contributed by atoms with van der Waals surface area (Å²) >= 11 is 5.09.